The molecule has 0 amide bonds. The van der Waals surface area contributed by atoms with Crippen LogP contribution in [-0.2, 0) is 0 Å². The van der Waals surface area contributed by atoms with Gasteiger partial charge in [0, 0.05) is 21.0 Å². The lowest BCUT2D eigenvalue weighted by Crippen LogP contribution is -1.74. The van der Waals surface area contributed by atoms with E-state index in [1.54, 1.807) is 22.7 Å². The molecule has 0 bridgehead atoms. The smallest absolute Gasteiger partial charge is 0.126 e. The lowest BCUT2D eigenvalue weighted by molar-refractivity contribution is 1.22. The van der Waals surface area contributed by atoms with E-state index in [1.807, 2.05) is 6.92 Å². The van der Waals surface area contributed by atoms with Crippen LogP contribution in [0.3, 0.4) is 0 Å². The zero-order chi connectivity index (χ0) is 11.1. The number of aromatic nitrogens is 1. The number of aryl methyl sites for hydroxylation is 1. The van der Waals surface area contributed by atoms with Gasteiger partial charge in [-0.15, -0.1) is 35.3 Å². The molecule has 0 aliphatic carbocycles. The summed E-state index contributed by atoms with van der Waals surface area (Å²) in [5, 5.41) is 4.53. The highest BCUT2D eigenvalue weighted by molar-refractivity contribution is 7.83. The molecule has 80 valence electrons. The lowest BCUT2D eigenvalue weighted by Gasteiger charge is -1.92. The molecule has 2 heterocycles. The highest BCUT2D eigenvalue weighted by atomic mass is 32.2. The summed E-state index contributed by atoms with van der Waals surface area (Å²) in [6.07, 6.45) is 0. The second-order valence-corrected chi connectivity index (χ2v) is 6.22. The quantitative estimate of drug-likeness (QED) is 0.632. The molecule has 0 radical (unpaired) electrons. The molecule has 0 aliphatic rings. The van der Waals surface area contributed by atoms with Crippen LogP contribution in [0.4, 0.5) is 0 Å². The van der Waals surface area contributed by atoms with Crippen molar-refractivity contribution in [2.45, 2.75) is 11.1 Å². The number of nitrogens with zero attached hydrogens (tertiary/aromatic N) is 1. The molecule has 0 N–H and O–H groups in total. The van der Waals surface area contributed by atoms with Gasteiger partial charge in [0.1, 0.15) is 5.01 Å². The third-order valence-electron chi connectivity index (χ3n) is 2.48. The van der Waals surface area contributed by atoms with Crippen molar-refractivity contribution in [3.05, 3.63) is 35.3 Å². The second kappa shape index (κ2) is 3.87. The number of thiol groups is 1. The number of thiazole rings is 1. The first-order chi connectivity index (χ1) is 7.75. The van der Waals surface area contributed by atoms with Crippen LogP contribution in [0.2, 0.25) is 0 Å². The lowest BCUT2D eigenvalue weighted by atomic mass is 10.2. The Morgan fingerprint density at radius 2 is 2.06 bits per heavy atom. The number of hydrogen-bond donors (Lipinski definition) is 1. The molecule has 0 spiro atoms. The Morgan fingerprint density at radius 3 is 2.81 bits per heavy atom. The monoisotopic (exact) mass is 263 g/mol. The Kier molecular flexibility index (Phi) is 2.50. The maximum absolute atomic E-state index is 4.55. The average Bonchev–Trinajstić information content (AvgIpc) is 2.83. The standard InChI is InChI=1S/C12H9NS3/c1-7-12(14)16-11(13-7)9-6-15-10-5-3-2-4-8(9)10/h2-6,14H,1H3. The van der Waals surface area contributed by atoms with Gasteiger partial charge in [0.15, 0.2) is 0 Å². The normalized spacial score (nSPS) is 11.1. The van der Waals surface area contributed by atoms with E-state index in [1.165, 1.54) is 15.6 Å². The van der Waals surface area contributed by atoms with Crippen molar-refractivity contribution in [3.8, 4) is 10.6 Å². The number of fused-ring (bicyclic) bond motifs is 1. The van der Waals surface area contributed by atoms with Gasteiger partial charge in [-0.2, -0.15) is 0 Å². The molecule has 1 nitrogen and oxygen atoms in total. The van der Waals surface area contributed by atoms with Crippen LogP contribution in [-0.4, -0.2) is 4.98 Å². The summed E-state index contributed by atoms with van der Waals surface area (Å²) in [4.78, 5) is 4.55. The zero-order valence-electron chi connectivity index (χ0n) is 8.60. The predicted molar refractivity (Wildman–Crippen MR) is 74.9 cm³/mol. The van der Waals surface area contributed by atoms with Crippen LogP contribution in [0.25, 0.3) is 20.7 Å². The molecule has 3 rings (SSSR count). The van der Waals surface area contributed by atoms with Crippen molar-refractivity contribution in [3.63, 3.8) is 0 Å². The van der Waals surface area contributed by atoms with E-state index in [-0.39, 0.29) is 0 Å². The molecule has 0 saturated heterocycles. The van der Waals surface area contributed by atoms with Gasteiger partial charge in [-0.25, -0.2) is 4.98 Å². The number of rotatable bonds is 1. The van der Waals surface area contributed by atoms with Crippen molar-refractivity contribution in [2.24, 2.45) is 0 Å². The maximum Gasteiger partial charge on any atom is 0.126 e. The summed E-state index contributed by atoms with van der Waals surface area (Å²) >= 11 is 7.82. The van der Waals surface area contributed by atoms with Crippen LogP contribution >= 0.6 is 35.3 Å². The Hall–Kier alpha value is -0.840. The van der Waals surface area contributed by atoms with Gasteiger partial charge in [-0.3, -0.25) is 0 Å². The van der Waals surface area contributed by atoms with Gasteiger partial charge in [0.25, 0.3) is 0 Å². The Morgan fingerprint density at radius 1 is 1.25 bits per heavy atom. The van der Waals surface area contributed by atoms with E-state index in [0.717, 1.165) is 14.9 Å². The maximum atomic E-state index is 4.55. The van der Waals surface area contributed by atoms with Crippen LogP contribution in [0, 0.1) is 6.92 Å². The fourth-order valence-electron chi connectivity index (χ4n) is 1.65. The van der Waals surface area contributed by atoms with E-state index >= 15 is 0 Å². The third-order valence-corrected chi connectivity index (χ3v) is 5.04. The first-order valence-corrected chi connectivity index (χ1v) is 7.03. The molecule has 2 aromatic heterocycles. The third kappa shape index (κ3) is 1.57. The Labute approximate surface area is 107 Å². The predicted octanol–water partition coefficient (Wildman–Crippen LogP) is 4.62. The zero-order valence-corrected chi connectivity index (χ0v) is 11.1. The minimum absolute atomic E-state index is 1.00. The second-order valence-electron chi connectivity index (χ2n) is 3.56. The fraction of sp³-hybridized carbons (Fsp3) is 0.0833. The first-order valence-electron chi connectivity index (χ1n) is 4.88. The first kappa shape index (κ1) is 10.3. The van der Waals surface area contributed by atoms with Gasteiger partial charge in [-0.1, -0.05) is 18.2 Å². The van der Waals surface area contributed by atoms with Crippen molar-refractivity contribution >= 4 is 45.4 Å². The molecule has 0 fully saturated rings. The summed E-state index contributed by atoms with van der Waals surface area (Å²) < 4.78 is 2.32. The van der Waals surface area contributed by atoms with Gasteiger partial charge < -0.3 is 0 Å². The van der Waals surface area contributed by atoms with E-state index in [2.05, 4.69) is 47.3 Å². The van der Waals surface area contributed by atoms with Crippen molar-refractivity contribution in [1.82, 2.24) is 4.98 Å². The molecular formula is C12H9NS3. The topological polar surface area (TPSA) is 12.9 Å². The number of benzene rings is 1. The largest absolute Gasteiger partial charge is 0.240 e. The molecule has 0 unspecified atom stereocenters. The summed E-state index contributed by atoms with van der Waals surface area (Å²) in [7, 11) is 0. The van der Waals surface area contributed by atoms with Crippen LogP contribution in [0.15, 0.2) is 33.9 Å². The SMILES string of the molecule is Cc1nc(-c2csc3ccccc23)sc1S. The molecule has 0 saturated carbocycles. The van der Waals surface area contributed by atoms with E-state index in [9.17, 15) is 0 Å². The Balaban J connectivity index is 2.26. The molecule has 3 aromatic rings. The minimum atomic E-state index is 1.00. The Bertz CT molecular complexity index is 632. The van der Waals surface area contributed by atoms with E-state index < -0.39 is 0 Å². The van der Waals surface area contributed by atoms with Crippen molar-refractivity contribution in [2.75, 3.05) is 0 Å². The summed E-state index contributed by atoms with van der Waals surface area (Å²) in [6, 6.07) is 8.43. The summed E-state index contributed by atoms with van der Waals surface area (Å²) in [5.74, 6) is 0. The molecular weight excluding hydrogens is 254 g/mol. The van der Waals surface area contributed by atoms with Gasteiger partial charge in [-0.05, 0) is 13.0 Å². The molecule has 16 heavy (non-hydrogen) atoms. The highest BCUT2D eigenvalue weighted by Crippen LogP contribution is 2.37. The number of thiophene rings is 1. The van der Waals surface area contributed by atoms with Gasteiger partial charge in [0.2, 0.25) is 0 Å². The van der Waals surface area contributed by atoms with Gasteiger partial charge in [0.05, 0.1) is 9.90 Å². The molecule has 1 aromatic carbocycles. The molecule has 4 heteroatoms. The molecule has 0 aliphatic heterocycles. The fourth-order valence-corrected chi connectivity index (χ4v) is 3.81. The number of hydrogen-bond acceptors (Lipinski definition) is 4. The minimum Gasteiger partial charge on any atom is -0.240 e. The van der Waals surface area contributed by atoms with Crippen molar-refractivity contribution in [1.29, 1.82) is 0 Å². The average molecular weight is 263 g/mol. The summed E-state index contributed by atoms with van der Waals surface area (Å²) in [6.45, 7) is 2.00. The molecule has 0 atom stereocenters. The van der Waals surface area contributed by atoms with Gasteiger partial charge >= 0.3 is 0 Å². The van der Waals surface area contributed by atoms with Crippen LogP contribution in [0.5, 0.6) is 0 Å². The van der Waals surface area contributed by atoms with Crippen LogP contribution in [0.1, 0.15) is 5.69 Å². The summed E-state index contributed by atoms with van der Waals surface area (Å²) in [5.41, 5.74) is 2.24. The van der Waals surface area contributed by atoms with Crippen LogP contribution < -0.4 is 0 Å². The highest BCUT2D eigenvalue weighted by Gasteiger charge is 2.11. The van der Waals surface area contributed by atoms with E-state index in [4.69, 9.17) is 0 Å². The van der Waals surface area contributed by atoms with Crippen molar-refractivity contribution < 1.29 is 0 Å². The van der Waals surface area contributed by atoms with E-state index in [0.29, 0.717) is 0 Å².